The number of carbonyl (C=O) groups is 2. The summed E-state index contributed by atoms with van der Waals surface area (Å²) in [5.41, 5.74) is -1.44. The maximum absolute atomic E-state index is 11.9. The van der Waals surface area contributed by atoms with E-state index in [-0.39, 0.29) is 5.69 Å². The highest BCUT2D eigenvalue weighted by Gasteiger charge is 2.38. The predicted octanol–water partition coefficient (Wildman–Crippen LogP) is 2.28. The van der Waals surface area contributed by atoms with Gasteiger partial charge in [-0.25, -0.2) is 4.79 Å². The second-order valence-electron chi connectivity index (χ2n) is 3.08. The van der Waals surface area contributed by atoms with E-state index in [2.05, 4.69) is 5.18 Å². The molecule has 1 aromatic carbocycles. The van der Waals surface area contributed by atoms with Crippen molar-refractivity contribution in [1.82, 2.24) is 0 Å². The summed E-state index contributed by atoms with van der Waals surface area (Å²) in [6.07, 6.45) is -5.08. The number of benzene rings is 1. The van der Waals surface area contributed by atoms with E-state index in [4.69, 9.17) is 5.11 Å². The van der Waals surface area contributed by atoms with Crippen molar-refractivity contribution in [1.29, 1.82) is 0 Å². The van der Waals surface area contributed by atoms with E-state index in [1.165, 1.54) is 5.32 Å². The zero-order valence-electron chi connectivity index (χ0n) is 8.49. The third-order valence-corrected chi connectivity index (χ3v) is 1.84. The number of nitrogens with one attached hydrogen (secondary N) is 1. The van der Waals surface area contributed by atoms with E-state index >= 15 is 0 Å². The first-order valence-electron chi connectivity index (χ1n) is 4.34. The summed E-state index contributed by atoms with van der Waals surface area (Å²) in [7, 11) is 0. The van der Waals surface area contributed by atoms with Crippen molar-refractivity contribution < 1.29 is 27.9 Å². The minimum Gasteiger partial charge on any atom is -0.478 e. The molecule has 0 spiro atoms. The highest BCUT2D eigenvalue weighted by atomic mass is 19.4. The predicted molar refractivity (Wildman–Crippen MR) is 53.5 cm³/mol. The molecule has 0 radical (unpaired) electrons. The number of carboxylic acids is 1. The Morgan fingerprint density at radius 3 is 2.33 bits per heavy atom. The van der Waals surface area contributed by atoms with E-state index in [1.807, 2.05) is 0 Å². The van der Waals surface area contributed by atoms with E-state index in [0.717, 1.165) is 18.2 Å². The first-order chi connectivity index (χ1) is 8.25. The van der Waals surface area contributed by atoms with E-state index < -0.39 is 29.3 Å². The molecule has 0 aliphatic carbocycles. The van der Waals surface area contributed by atoms with Gasteiger partial charge in [0.2, 0.25) is 0 Å². The number of nitrogens with zero attached hydrogens (tertiary/aromatic N) is 1. The molecular formula is C9H5F3N2O4. The molecule has 18 heavy (non-hydrogen) atoms. The van der Waals surface area contributed by atoms with Crippen LogP contribution < -0.4 is 5.32 Å². The van der Waals surface area contributed by atoms with Gasteiger partial charge in [-0.1, -0.05) is 0 Å². The minimum absolute atomic E-state index is 0.378. The average Bonchev–Trinajstić information content (AvgIpc) is 2.27. The fourth-order valence-corrected chi connectivity index (χ4v) is 1.07. The van der Waals surface area contributed by atoms with Crippen LogP contribution in [0.4, 0.5) is 24.5 Å². The van der Waals surface area contributed by atoms with Crippen LogP contribution in [0.25, 0.3) is 0 Å². The Labute approximate surface area is 97.4 Å². The molecule has 1 amide bonds. The van der Waals surface area contributed by atoms with Gasteiger partial charge in [-0.2, -0.15) is 13.2 Å². The summed E-state index contributed by atoms with van der Waals surface area (Å²) in [4.78, 5) is 31.5. The van der Waals surface area contributed by atoms with Crippen molar-refractivity contribution in [3.8, 4) is 0 Å². The van der Waals surface area contributed by atoms with E-state index in [9.17, 15) is 27.7 Å². The Morgan fingerprint density at radius 1 is 1.28 bits per heavy atom. The molecular weight excluding hydrogens is 257 g/mol. The van der Waals surface area contributed by atoms with Crippen molar-refractivity contribution >= 4 is 23.3 Å². The SMILES string of the molecule is O=Nc1cc(NC(=O)C(F)(F)F)ccc1C(=O)O. The Morgan fingerprint density at radius 2 is 1.89 bits per heavy atom. The number of nitroso groups, excluding NO2 is 1. The zero-order valence-corrected chi connectivity index (χ0v) is 8.49. The highest BCUT2D eigenvalue weighted by molar-refractivity contribution is 5.98. The molecule has 0 saturated heterocycles. The molecule has 0 aromatic heterocycles. The quantitative estimate of drug-likeness (QED) is 0.816. The number of amides is 1. The third kappa shape index (κ3) is 3.03. The molecule has 0 atom stereocenters. The largest absolute Gasteiger partial charge is 0.478 e. The lowest BCUT2D eigenvalue weighted by molar-refractivity contribution is -0.167. The first kappa shape index (κ1) is 13.6. The molecule has 0 saturated carbocycles. The molecule has 0 bridgehead atoms. The van der Waals surface area contributed by atoms with Crippen molar-refractivity contribution in [3.05, 3.63) is 28.7 Å². The number of alkyl halides is 3. The summed E-state index contributed by atoms with van der Waals surface area (Å²) in [5, 5.41) is 12.5. The minimum atomic E-state index is -5.08. The van der Waals surface area contributed by atoms with Gasteiger partial charge in [0.1, 0.15) is 5.69 Å². The molecule has 0 aliphatic rings. The van der Waals surface area contributed by atoms with Gasteiger partial charge in [0.15, 0.2) is 0 Å². The van der Waals surface area contributed by atoms with Gasteiger partial charge in [0.25, 0.3) is 0 Å². The van der Waals surface area contributed by atoms with Gasteiger partial charge in [-0.15, -0.1) is 4.91 Å². The summed E-state index contributed by atoms with van der Waals surface area (Å²) < 4.78 is 35.8. The van der Waals surface area contributed by atoms with Crippen LogP contribution in [0.5, 0.6) is 0 Å². The number of carboxylic acid groups (broad SMARTS) is 1. The third-order valence-electron chi connectivity index (χ3n) is 1.84. The smallest absolute Gasteiger partial charge is 0.471 e. The van der Waals surface area contributed by atoms with Crippen LogP contribution in [-0.2, 0) is 4.79 Å². The molecule has 0 aliphatic heterocycles. The topological polar surface area (TPSA) is 95.8 Å². The lowest BCUT2D eigenvalue weighted by atomic mass is 10.1. The molecule has 0 unspecified atom stereocenters. The molecule has 6 nitrogen and oxygen atoms in total. The van der Waals surface area contributed by atoms with Crippen LogP contribution >= 0.6 is 0 Å². The standard InChI is InChI=1S/C9H5F3N2O4/c10-9(11,12)8(17)13-4-1-2-5(7(15)16)6(3-4)14-18/h1-3H,(H,13,17)(H,15,16). The number of aromatic carboxylic acids is 1. The van der Waals surface area contributed by atoms with Gasteiger partial charge in [0, 0.05) is 5.69 Å². The van der Waals surface area contributed by atoms with Crippen molar-refractivity contribution in [2.75, 3.05) is 5.32 Å². The number of hydrogen-bond acceptors (Lipinski definition) is 4. The van der Waals surface area contributed by atoms with Crippen molar-refractivity contribution in [2.24, 2.45) is 5.18 Å². The lowest BCUT2D eigenvalue weighted by Gasteiger charge is -2.08. The molecule has 9 heteroatoms. The number of anilines is 1. The number of carbonyl (C=O) groups excluding carboxylic acids is 1. The number of hydrogen-bond donors (Lipinski definition) is 2. The van der Waals surface area contributed by atoms with Crippen molar-refractivity contribution in [2.45, 2.75) is 6.18 Å². The molecule has 96 valence electrons. The second-order valence-corrected chi connectivity index (χ2v) is 3.08. The van der Waals surface area contributed by atoms with E-state index in [0.29, 0.717) is 0 Å². The average molecular weight is 262 g/mol. The normalized spacial score (nSPS) is 10.8. The van der Waals surface area contributed by atoms with Gasteiger partial charge in [-0.05, 0) is 23.4 Å². The van der Waals surface area contributed by atoms with Crippen LogP contribution in [0.1, 0.15) is 10.4 Å². The molecule has 0 fully saturated rings. The first-order valence-corrected chi connectivity index (χ1v) is 4.34. The lowest BCUT2D eigenvalue weighted by Crippen LogP contribution is -2.29. The monoisotopic (exact) mass is 262 g/mol. The zero-order chi connectivity index (χ0) is 13.9. The van der Waals surface area contributed by atoms with Crippen LogP contribution in [0, 0.1) is 4.91 Å². The van der Waals surface area contributed by atoms with Crippen LogP contribution in [-0.4, -0.2) is 23.2 Å². The van der Waals surface area contributed by atoms with Gasteiger partial charge in [-0.3, -0.25) is 4.79 Å². The Hall–Kier alpha value is -2.45. The summed E-state index contributed by atoms with van der Waals surface area (Å²) in [6, 6.07) is 2.52. The van der Waals surface area contributed by atoms with Crippen molar-refractivity contribution in [3.63, 3.8) is 0 Å². The summed E-state index contributed by atoms with van der Waals surface area (Å²) in [5.74, 6) is -3.69. The fraction of sp³-hybridized carbons (Fsp3) is 0.111. The maximum Gasteiger partial charge on any atom is 0.471 e. The van der Waals surface area contributed by atoms with Gasteiger partial charge < -0.3 is 10.4 Å². The molecule has 1 rings (SSSR count). The van der Waals surface area contributed by atoms with Crippen LogP contribution in [0.2, 0.25) is 0 Å². The maximum atomic E-state index is 11.9. The molecule has 1 aromatic rings. The second kappa shape index (κ2) is 4.82. The summed E-state index contributed by atoms with van der Waals surface area (Å²) in [6.45, 7) is 0. The van der Waals surface area contributed by atoms with Crippen LogP contribution in [0.3, 0.4) is 0 Å². The van der Waals surface area contributed by atoms with Gasteiger partial charge >= 0.3 is 18.1 Å². The van der Waals surface area contributed by atoms with Gasteiger partial charge in [0.05, 0.1) is 5.56 Å². The van der Waals surface area contributed by atoms with Crippen LogP contribution in [0.15, 0.2) is 23.4 Å². The Bertz CT molecular complexity index is 513. The fourth-order valence-electron chi connectivity index (χ4n) is 1.07. The Kier molecular flexibility index (Phi) is 3.64. The highest BCUT2D eigenvalue weighted by Crippen LogP contribution is 2.25. The van der Waals surface area contributed by atoms with E-state index in [1.54, 1.807) is 0 Å². The molecule has 2 N–H and O–H groups in total. The number of halogens is 3. The number of rotatable bonds is 3. The molecule has 0 heterocycles. The summed E-state index contributed by atoms with van der Waals surface area (Å²) >= 11 is 0. The Balaban J connectivity index is 3.04.